The maximum atomic E-state index is 5.20. The van der Waals surface area contributed by atoms with Crippen molar-refractivity contribution in [3.8, 4) is 11.5 Å². The Balaban J connectivity index is 1.64. The second kappa shape index (κ2) is 4.86. The maximum absolute atomic E-state index is 5.20. The zero-order chi connectivity index (χ0) is 12.4. The molecule has 5 nitrogen and oxygen atoms in total. The third kappa shape index (κ3) is 2.73. The van der Waals surface area contributed by atoms with Crippen LogP contribution in [0, 0.1) is 12.8 Å². The summed E-state index contributed by atoms with van der Waals surface area (Å²) in [6, 6.07) is 3.90. The third-order valence-electron chi connectivity index (χ3n) is 3.02. The molecule has 0 amide bonds. The van der Waals surface area contributed by atoms with Gasteiger partial charge in [0.2, 0.25) is 11.7 Å². The summed E-state index contributed by atoms with van der Waals surface area (Å²) >= 11 is 0. The van der Waals surface area contributed by atoms with E-state index in [9.17, 15) is 0 Å². The van der Waals surface area contributed by atoms with E-state index in [2.05, 4.69) is 20.4 Å². The lowest BCUT2D eigenvalue weighted by Crippen LogP contribution is -2.16. The highest BCUT2D eigenvalue weighted by Crippen LogP contribution is 2.27. The minimum Gasteiger partial charge on any atom is -0.337 e. The Morgan fingerprint density at radius 1 is 1.44 bits per heavy atom. The molecule has 3 rings (SSSR count). The third-order valence-corrected chi connectivity index (χ3v) is 3.02. The first kappa shape index (κ1) is 11.3. The SMILES string of the molecule is Cc1ccnc(-c2noc(CNCC3CC3)n2)c1. The van der Waals surface area contributed by atoms with Crippen LogP contribution in [-0.2, 0) is 6.54 Å². The van der Waals surface area contributed by atoms with E-state index in [1.807, 2.05) is 19.1 Å². The number of hydrogen-bond donors (Lipinski definition) is 1. The van der Waals surface area contributed by atoms with Crippen LogP contribution in [-0.4, -0.2) is 21.7 Å². The molecule has 0 spiro atoms. The zero-order valence-corrected chi connectivity index (χ0v) is 10.4. The maximum Gasteiger partial charge on any atom is 0.240 e. The second-order valence-electron chi connectivity index (χ2n) is 4.80. The van der Waals surface area contributed by atoms with Crippen molar-refractivity contribution in [2.45, 2.75) is 26.3 Å². The summed E-state index contributed by atoms with van der Waals surface area (Å²) in [6.07, 6.45) is 4.44. The Bertz CT molecular complexity index is 533. The van der Waals surface area contributed by atoms with Crippen LogP contribution in [0.4, 0.5) is 0 Å². The molecule has 0 radical (unpaired) electrons. The van der Waals surface area contributed by atoms with Gasteiger partial charge in [0.1, 0.15) is 5.69 Å². The highest BCUT2D eigenvalue weighted by molar-refractivity contribution is 5.48. The van der Waals surface area contributed by atoms with Crippen molar-refractivity contribution < 1.29 is 4.52 Å². The summed E-state index contributed by atoms with van der Waals surface area (Å²) in [5.74, 6) is 2.03. The van der Waals surface area contributed by atoms with E-state index in [0.29, 0.717) is 18.3 Å². The van der Waals surface area contributed by atoms with Gasteiger partial charge in [-0.1, -0.05) is 5.16 Å². The van der Waals surface area contributed by atoms with Crippen molar-refractivity contribution in [1.29, 1.82) is 0 Å². The van der Waals surface area contributed by atoms with Crippen LogP contribution in [0.3, 0.4) is 0 Å². The molecule has 1 N–H and O–H groups in total. The van der Waals surface area contributed by atoms with E-state index in [1.54, 1.807) is 6.20 Å². The number of aromatic nitrogens is 3. The highest BCUT2D eigenvalue weighted by Gasteiger charge is 2.20. The van der Waals surface area contributed by atoms with Gasteiger partial charge in [-0.05, 0) is 49.9 Å². The van der Waals surface area contributed by atoms with E-state index in [-0.39, 0.29) is 0 Å². The smallest absolute Gasteiger partial charge is 0.240 e. The standard InChI is InChI=1S/C13H16N4O/c1-9-4-5-15-11(6-9)13-16-12(18-17-13)8-14-7-10-2-3-10/h4-6,10,14H,2-3,7-8H2,1H3. The van der Waals surface area contributed by atoms with Gasteiger partial charge in [-0.15, -0.1) is 0 Å². The van der Waals surface area contributed by atoms with Gasteiger partial charge < -0.3 is 9.84 Å². The number of rotatable bonds is 5. The summed E-state index contributed by atoms with van der Waals surface area (Å²) in [5, 5.41) is 7.28. The molecule has 2 aromatic rings. The quantitative estimate of drug-likeness (QED) is 0.870. The summed E-state index contributed by atoms with van der Waals surface area (Å²) in [6.45, 7) is 3.69. The van der Waals surface area contributed by atoms with Gasteiger partial charge in [0.05, 0.1) is 6.54 Å². The van der Waals surface area contributed by atoms with E-state index in [0.717, 1.165) is 23.7 Å². The topological polar surface area (TPSA) is 63.8 Å². The molecule has 2 heterocycles. The van der Waals surface area contributed by atoms with Gasteiger partial charge in [0, 0.05) is 6.20 Å². The van der Waals surface area contributed by atoms with E-state index in [4.69, 9.17) is 4.52 Å². The van der Waals surface area contributed by atoms with Crippen LogP contribution in [0.25, 0.3) is 11.5 Å². The number of nitrogens with zero attached hydrogens (tertiary/aromatic N) is 3. The number of nitrogens with one attached hydrogen (secondary N) is 1. The molecule has 0 aliphatic heterocycles. The first-order valence-corrected chi connectivity index (χ1v) is 6.27. The molecule has 1 aliphatic carbocycles. The van der Waals surface area contributed by atoms with Crippen molar-refractivity contribution >= 4 is 0 Å². The predicted octanol–water partition coefficient (Wildman–Crippen LogP) is 1.94. The fraction of sp³-hybridized carbons (Fsp3) is 0.462. The van der Waals surface area contributed by atoms with Gasteiger partial charge in [0.25, 0.3) is 0 Å². The predicted molar refractivity (Wildman–Crippen MR) is 66.7 cm³/mol. The molecule has 1 fully saturated rings. The molecular weight excluding hydrogens is 228 g/mol. The van der Waals surface area contributed by atoms with Crippen LogP contribution in [0.2, 0.25) is 0 Å². The molecular formula is C13H16N4O. The Labute approximate surface area is 106 Å². The largest absolute Gasteiger partial charge is 0.337 e. The van der Waals surface area contributed by atoms with Gasteiger partial charge in [-0.25, -0.2) is 0 Å². The van der Waals surface area contributed by atoms with Gasteiger partial charge in [0.15, 0.2) is 0 Å². The van der Waals surface area contributed by atoms with Crippen molar-refractivity contribution in [1.82, 2.24) is 20.4 Å². The molecule has 0 unspecified atom stereocenters. The molecule has 1 saturated carbocycles. The van der Waals surface area contributed by atoms with Crippen LogP contribution in [0.5, 0.6) is 0 Å². The molecule has 2 aromatic heterocycles. The number of aryl methyl sites for hydroxylation is 1. The Hall–Kier alpha value is -1.75. The Morgan fingerprint density at radius 3 is 3.11 bits per heavy atom. The Kier molecular flexibility index (Phi) is 3.06. The fourth-order valence-electron chi connectivity index (χ4n) is 1.79. The van der Waals surface area contributed by atoms with E-state index >= 15 is 0 Å². The summed E-state index contributed by atoms with van der Waals surface area (Å²) in [7, 11) is 0. The molecule has 18 heavy (non-hydrogen) atoms. The molecule has 0 bridgehead atoms. The van der Waals surface area contributed by atoms with Gasteiger partial charge in [-0.2, -0.15) is 4.98 Å². The number of pyridine rings is 1. The second-order valence-corrected chi connectivity index (χ2v) is 4.80. The van der Waals surface area contributed by atoms with Crippen molar-refractivity contribution in [2.24, 2.45) is 5.92 Å². The first-order chi connectivity index (χ1) is 8.81. The van der Waals surface area contributed by atoms with Crippen molar-refractivity contribution in [2.75, 3.05) is 6.54 Å². The van der Waals surface area contributed by atoms with Crippen LogP contribution >= 0.6 is 0 Å². The number of hydrogen-bond acceptors (Lipinski definition) is 5. The van der Waals surface area contributed by atoms with Crippen molar-refractivity contribution in [3.63, 3.8) is 0 Å². The average Bonchev–Trinajstić information content (AvgIpc) is 3.06. The monoisotopic (exact) mass is 244 g/mol. The fourth-order valence-corrected chi connectivity index (χ4v) is 1.79. The van der Waals surface area contributed by atoms with Crippen LogP contribution < -0.4 is 5.32 Å². The highest BCUT2D eigenvalue weighted by atomic mass is 16.5. The van der Waals surface area contributed by atoms with Gasteiger partial charge in [-0.3, -0.25) is 4.98 Å². The zero-order valence-electron chi connectivity index (χ0n) is 10.4. The average molecular weight is 244 g/mol. The Morgan fingerprint density at radius 2 is 2.33 bits per heavy atom. The van der Waals surface area contributed by atoms with Gasteiger partial charge >= 0.3 is 0 Å². The minimum atomic E-state index is 0.557. The first-order valence-electron chi connectivity index (χ1n) is 6.27. The van der Waals surface area contributed by atoms with Crippen LogP contribution in [0.1, 0.15) is 24.3 Å². The molecule has 5 heteroatoms. The lowest BCUT2D eigenvalue weighted by atomic mass is 10.2. The van der Waals surface area contributed by atoms with E-state index < -0.39 is 0 Å². The molecule has 1 aliphatic rings. The lowest BCUT2D eigenvalue weighted by molar-refractivity contribution is 0.367. The molecule has 0 atom stereocenters. The molecule has 0 saturated heterocycles. The normalized spacial score (nSPS) is 14.9. The molecule has 94 valence electrons. The summed E-state index contributed by atoms with van der Waals surface area (Å²) in [4.78, 5) is 8.57. The van der Waals surface area contributed by atoms with E-state index in [1.165, 1.54) is 12.8 Å². The molecule has 0 aromatic carbocycles. The summed E-state index contributed by atoms with van der Waals surface area (Å²) in [5.41, 5.74) is 1.89. The minimum absolute atomic E-state index is 0.557. The van der Waals surface area contributed by atoms with Crippen molar-refractivity contribution in [3.05, 3.63) is 29.8 Å². The summed E-state index contributed by atoms with van der Waals surface area (Å²) < 4.78 is 5.20. The van der Waals surface area contributed by atoms with Crippen LogP contribution in [0.15, 0.2) is 22.9 Å². The lowest BCUT2D eigenvalue weighted by Gasteiger charge is -1.97.